The highest BCUT2D eigenvalue weighted by atomic mass is 14.9. The number of aryl methyl sites for hydroxylation is 15. The highest BCUT2D eigenvalue weighted by Crippen LogP contribution is 2.27. The third-order valence-corrected chi connectivity index (χ3v) is 19.6. The fourth-order valence-electron chi connectivity index (χ4n) is 12.0. The van der Waals surface area contributed by atoms with E-state index < -0.39 is 0 Å². The molecule has 13 rings (SSSR count). The van der Waals surface area contributed by atoms with E-state index in [4.69, 9.17) is 0 Å². The molecule has 0 saturated heterocycles. The topological polar surface area (TPSA) is 51.6 Å². The predicted molar refractivity (Wildman–Crippen MR) is 601 cm³/mol. The van der Waals surface area contributed by atoms with Crippen LogP contribution in [0, 0.1) is 0 Å². The van der Waals surface area contributed by atoms with E-state index in [0.29, 0.717) is 0 Å². The Kier molecular flexibility index (Phi) is 96.1. The Balaban J connectivity index is -0.000000261. The highest BCUT2D eigenvalue weighted by molar-refractivity contribution is 5.84. The Morgan fingerprint density at radius 3 is 0.669 bits per heavy atom. The zero-order chi connectivity index (χ0) is 100. The fraction of sp³-hybridized carbons (Fsp3) is 0.444. The number of nitrogens with zero attached hydrogens (tertiary/aromatic N) is 4. The van der Waals surface area contributed by atoms with E-state index in [9.17, 15) is 0 Å². The lowest BCUT2D eigenvalue weighted by Crippen LogP contribution is -1.91. The zero-order valence-corrected chi connectivity index (χ0v) is 91.7. The molecule has 10 aromatic carbocycles. The van der Waals surface area contributed by atoms with E-state index >= 15 is 0 Å². The van der Waals surface area contributed by atoms with Crippen LogP contribution in [0.5, 0.6) is 0 Å². The van der Waals surface area contributed by atoms with Crippen LogP contribution in [0.25, 0.3) is 66.6 Å². The molecule has 0 fully saturated rings. The summed E-state index contributed by atoms with van der Waals surface area (Å²) in [5.41, 5.74) is 30.4. The molecule has 3 aromatic heterocycles. The molecule has 4 heteroatoms. The molecule has 0 spiro atoms. The predicted octanol–water partition coefficient (Wildman–Crippen LogP) is 40.1. The second kappa shape index (κ2) is 93.8. The van der Waals surface area contributed by atoms with Crippen molar-refractivity contribution in [3.63, 3.8) is 0 Å². The first-order valence-corrected chi connectivity index (χ1v) is 52.1. The molecule has 13 aromatic rings. The van der Waals surface area contributed by atoms with Crippen molar-refractivity contribution in [3.8, 4) is 44.9 Å². The average Bonchev–Trinajstić information content (AvgIpc) is 0.825. The Bertz CT molecular complexity index is 4000. The van der Waals surface area contributed by atoms with Crippen molar-refractivity contribution in [1.29, 1.82) is 0 Å². The van der Waals surface area contributed by atoms with Crippen molar-refractivity contribution >= 4 is 21.7 Å². The van der Waals surface area contributed by atoms with E-state index in [-0.39, 0.29) is 0 Å². The smallest absolute Gasteiger partial charge is 0.159 e. The Hall–Kier alpha value is -9.90. The summed E-state index contributed by atoms with van der Waals surface area (Å²) in [7, 11) is 0. The molecule has 0 amide bonds. The van der Waals surface area contributed by atoms with Crippen LogP contribution in [-0.2, 0) is 96.3 Å². The number of rotatable bonds is 19. The largest absolute Gasteiger partial charge is 0.256 e. The van der Waals surface area contributed by atoms with Gasteiger partial charge in [0, 0.05) is 41.3 Å². The molecular weight excluding hydrogens is 1570 g/mol. The molecule has 0 radical (unpaired) electrons. The number of pyridine rings is 2. The molecule has 130 heavy (non-hydrogen) atoms. The van der Waals surface area contributed by atoms with Crippen molar-refractivity contribution in [1.82, 2.24) is 19.9 Å². The minimum Gasteiger partial charge on any atom is -0.256 e. The van der Waals surface area contributed by atoms with Gasteiger partial charge in [0.25, 0.3) is 0 Å². The third-order valence-electron chi connectivity index (χ3n) is 19.6. The molecule has 0 aliphatic heterocycles. The van der Waals surface area contributed by atoms with Crippen LogP contribution >= 0.6 is 0 Å². The summed E-state index contributed by atoms with van der Waals surface area (Å²) in [5.74, 6) is 0.805. The summed E-state index contributed by atoms with van der Waals surface area (Å²) < 4.78 is 0. The maximum atomic E-state index is 4.48. The molecule has 0 unspecified atom stereocenters. The maximum absolute atomic E-state index is 4.48. The van der Waals surface area contributed by atoms with E-state index in [1.54, 1.807) is 0 Å². The summed E-state index contributed by atoms with van der Waals surface area (Å²) in [4.78, 5) is 17.7. The molecule has 4 nitrogen and oxygen atoms in total. The van der Waals surface area contributed by atoms with Crippen LogP contribution < -0.4 is 0 Å². The third kappa shape index (κ3) is 54.0. The molecular formula is C126H196N4. The first kappa shape index (κ1) is 133. The molecule has 0 aliphatic carbocycles. The van der Waals surface area contributed by atoms with Gasteiger partial charge < -0.3 is 0 Å². The minimum atomic E-state index is 0.805. The van der Waals surface area contributed by atoms with Crippen LogP contribution in [0.15, 0.2) is 261 Å². The van der Waals surface area contributed by atoms with Gasteiger partial charge in [-0.15, -0.1) is 0 Å². The quantitative estimate of drug-likeness (QED) is 0.0810. The molecule has 3 heterocycles. The first-order chi connectivity index (χ1) is 63.8. The first-order valence-electron chi connectivity index (χ1n) is 52.1. The van der Waals surface area contributed by atoms with E-state index in [1.807, 2.05) is 205 Å². The van der Waals surface area contributed by atoms with Gasteiger partial charge in [-0.05, 0) is 231 Å². The monoisotopic (exact) mass is 1770 g/mol. The van der Waals surface area contributed by atoms with Crippen molar-refractivity contribution < 1.29 is 0 Å². The standard InChI is InChI=1S/C18H22.C16H18.C15H17N.C14H16N2.C14H16.C13H15N.C10H14.13C2H6/c1-4-14-7-9-17(10-8-14)18-12-11-15(5-2)16(6-3)13-18;1-3-13-5-9-15(10-6-13)16-11-7-14(4-2)8-12-16;1-3-12-5-8-14(9-6-12)15-10-7-13(4-2)11-16-15;1-3-11-5-7-13(8-6-11)14-15-9-12(4-2)10-16-14;1-3-11-5-7-14-10-12(4-2)6-8-13(14)9-11;1-3-10-5-6-12-7-11(4-2)9-14-13(12)8-10;1-3-9-5-7-10(4-2)8-6-9;13*1-2/h7-13H,4-6H2,1-3H3;5-12H,3-4H2,1-2H3;5-11H,3-4H2,1-2H3;5-10H,3-4H2,1-2H3;5-10H,3-4H2,1-2H3;5-9H,3-4H2,1-2H3;5-8H,3-4H2,1-2H3;13*1-2H3. The Morgan fingerprint density at radius 2 is 0.377 bits per heavy atom. The minimum absolute atomic E-state index is 0.805. The Morgan fingerprint density at radius 1 is 0.146 bits per heavy atom. The number of hydrogen-bond donors (Lipinski definition) is 0. The average molecular weight is 1770 g/mol. The maximum Gasteiger partial charge on any atom is 0.159 e. The number of benzene rings is 10. The van der Waals surface area contributed by atoms with Crippen LogP contribution in [0.4, 0.5) is 0 Å². The summed E-state index contributed by atoms with van der Waals surface area (Å²) >= 11 is 0. The summed E-state index contributed by atoms with van der Waals surface area (Å²) in [5, 5.41) is 3.98. The summed E-state index contributed by atoms with van der Waals surface area (Å²) in [6, 6.07) is 85.9. The van der Waals surface area contributed by atoms with Gasteiger partial charge in [-0.1, -0.05) is 502 Å². The molecule has 0 aliphatic rings. The van der Waals surface area contributed by atoms with Crippen molar-refractivity contribution in [2.75, 3.05) is 0 Å². The second-order valence-electron chi connectivity index (χ2n) is 26.4. The molecule has 0 N–H and O–H groups in total. The van der Waals surface area contributed by atoms with E-state index in [0.717, 1.165) is 119 Å². The molecule has 720 valence electrons. The van der Waals surface area contributed by atoms with Gasteiger partial charge in [-0.2, -0.15) is 0 Å². The van der Waals surface area contributed by atoms with Crippen LogP contribution in [-0.4, -0.2) is 19.9 Å². The lowest BCUT2D eigenvalue weighted by molar-refractivity contribution is 1.04. The molecule has 0 atom stereocenters. The normalized spacial score (nSPS) is 8.96. The number of aromatic nitrogens is 4. The van der Waals surface area contributed by atoms with E-state index in [2.05, 4.69) is 360 Å². The van der Waals surface area contributed by atoms with Crippen LogP contribution in [0.3, 0.4) is 0 Å². The van der Waals surface area contributed by atoms with Gasteiger partial charge in [0.15, 0.2) is 5.82 Å². The highest BCUT2D eigenvalue weighted by Gasteiger charge is 2.07. The second-order valence-corrected chi connectivity index (χ2v) is 26.4. The number of fused-ring (bicyclic) bond motifs is 2. The Labute approximate surface area is 806 Å². The van der Waals surface area contributed by atoms with Gasteiger partial charge >= 0.3 is 0 Å². The van der Waals surface area contributed by atoms with Crippen molar-refractivity contribution in [3.05, 3.63) is 345 Å². The van der Waals surface area contributed by atoms with E-state index in [1.165, 1.54) is 127 Å². The van der Waals surface area contributed by atoms with Crippen LogP contribution in [0.1, 0.15) is 367 Å². The lowest BCUT2D eigenvalue weighted by Gasteiger charge is -2.09. The molecule has 0 saturated carbocycles. The van der Waals surface area contributed by atoms with Crippen LogP contribution in [0.2, 0.25) is 0 Å². The van der Waals surface area contributed by atoms with Crippen molar-refractivity contribution in [2.24, 2.45) is 0 Å². The summed E-state index contributed by atoms with van der Waals surface area (Å²) in [6.07, 6.45) is 24.1. The van der Waals surface area contributed by atoms with Gasteiger partial charge in [0.2, 0.25) is 0 Å². The van der Waals surface area contributed by atoms with Gasteiger partial charge in [0.1, 0.15) is 0 Å². The SMILES string of the molecule is CC.CC.CC.CC.CC.CC.CC.CC.CC.CC.CC.CC.CC.CCc1ccc(-c2ccc(CC)c(CC)c2)cc1.CCc1ccc(-c2ccc(CC)cc2)cc1.CCc1ccc(-c2ccc(CC)cn2)cc1.CCc1ccc(-c2ncc(CC)cn2)cc1.CCc1ccc(CC)cc1.CCc1ccc2cc(CC)ccc2c1.CCc1cnc2cc(CC)ccc2c1. The van der Waals surface area contributed by atoms with Gasteiger partial charge in [-0.25, -0.2) is 9.97 Å². The zero-order valence-electron chi connectivity index (χ0n) is 91.7. The molecule has 0 bridgehead atoms. The fourth-order valence-corrected chi connectivity index (χ4v) is 12.0. The van der Waals surface area contributed by atoms with Gasteiger partial charge in [-0.3, -0.25) is 9.97 Å². The van der Waals surface area contributed by atoms with Crippen molar-refractivity contribution in [2.45, 2.75) is 380 Å². The van der Waals surface area contributed by atoms with Gasteiger partial charge in [0.05, 0.1) is 11.2 Å². The summed E-state index contributed by atoms with van der Waals surface area (Å²) in [6.45, 7) is 84.7. The lowest BCUT2D eigenvalue weighted by atomic mass is 9.96. The number of hydrogen-bond acceptors (Lipinski definition) is 4.